The maximum absolute atomic E-state index is 11.8. The number of nitrogens with zero attached hydrogens (tertiary/aromatic N) is 1. The van der Waals surface area contributed by atoms with Gasteiger partial charge in [-0.05, 0) is 18.4 Å². The zero-order valence-electron chi connectivity index (χ0n) is 12.3. The van der Waals surface area contributed by atoms with E-state index < -0.39 is 29.3 Å². The first-order chi connectivity index (χ1) is 10.9. The van der Waals surface area contributed by atoms with E-state index in [1.54, 1.807) is 0 Å². The second-order valence-corrected chi connectivity index (χ2v) is 5.24. The first kappa shape index (κ1) is 16.4. The topological polar surface area (TPSA) is 128 Å². The number of nitro groups is 1. The number of nitrogens with one attached hydrogen (secondary N) is 2. The Balaban J connectivity index is 1.77. The SMILES string of the molecule is CC1CC1C(=O)OCC(=O)NNC(=O)c1cccc([N+](=O)[O-])c1. The molecular formula is C14H15N3O6. The van der Waals surface area contributed by atoms with Gasteiger partial charge < -0.3 is 4.74 Å². The van der Waals surface area contributed by atoms with Gasteiger partial charge in [-0.3, -0.25) is 35.3 Å². The van der Waals surface area contributed by atoms with Gasteiger partial charge in [-0.1, -0.05) is 13.0 Å². The van der Waals surface area contributed by atoms with Crippen molar-refractivity contribution in [3.63, 3.8) is 0 Å². The molecule has 1 aliphatic rings. The van der Waals surface area contributed by atoms with Crippen LogP contribution in [0, 0.1) is 22.0 Å². The van der Waals surface area contributed by atoms with Gasteiger partial charge in [-0.25, -0.2) is 0 Å². The van der Waals surface area contributed by atoms with Gasteiger partial charge in [-0.2, -0.15) is 0 Å². The zero-order valence-corrected chi connectivity index (χ0v) is 12.3. The second-order valence-electron chi connectivity index (χ2n) is 5.24. The molecule has 2 atom stereocenters. The number of non-ortho nitro benzene ring substituents is 1. The molecule has 122 valence electrons. The number of amides is 2. The zero-order chi connectivity index (χ0) is 17.0. The molecule has 0 aromatic heterocycles. The molecule has 0 aliphatic heterocycles. The summed E-state index contributed by atoms with van der Waals surface area (Å²) < 4.78 is 4.80. The summed E-state index contributed by atoms with van der Waals surface area (Å²) in [6.45, 7) is 1.41. The third-order valence-electron chi connectivity index (χ3n) is 3.39. The lowest BCUT2D eigenvalue weighted by Gasteiger charge is -2.08. The van der Waals surface area contributed by atoms with Gasteiger partial charge in [0.15, 0.2) is 6.61 Å². The Bertz CT molecular complexity index is 660. The summed E-state index contributed by atoms with van der Waals surface area (Å²) in [6, 6.07) is 5.04. The maximum atomic E-state index is 11.8. The predicted molar refractivity (Wildman–Crippen MR) is 76.9 cm³/mol. The lowest BCUT2D eigenvalue weighted by atomic mass is 10.2. The van der Waals surface area contributed by atoms with Crippen LogP contribution in [0.3, 0.4) is 0 Å². The minimum Gasteiger partial charge on any atom is -0.455 e. The van der Waals surface area contributed by atoms with E-state index in [1.165, 1.54) is 18.2 Å². The number of carbonyl (C=O) groups is 3. The fourth-order valence-corrected chi connectivity index (χ4v) is 1.89. The number of esters is 1. The number of hydrogen-bond acceptors (Lipinski definition) is 6. The second kappa shape index (κ2) is 6.86. The van der Waals surface area contributed by atoms with Crippen molar-refractivity contribution >= 4 is 23.5 Å². The van der Waals surface area contributed by atoms with Crippen LogP contribution in [0.4, 0.5) is 5.69 Å². The number of ether oxygens (including phenoxy) is 1. The monoisotopic (exact) mass is 321 g/mol. The standard InChI is InChI=1S/C14H15N3O6/c1-8-5-11(8)14(20)23-7-12(18)15-16-13(19)9-3-2-4-10(6-9)17(21)22/h2-4,6,8,11H,5,7H2,1H3,(H,15,18)(H,16,19). The predicted octanol–water partition coefficient (Wildman–Crippen LogP) is 0.555. The molecule has 0 bridgehead atoms. The third-order valence-corrected chi connectivity index (χ3v) is 3.39. The summed E-state index contributed by atoms with van der Waals surface area (Å²) in [5, 5.41) is 10.6. The Morgan fingerprint density at radius 3 is 2.65 bits per heavy atom. The fourth-order valence-electron chi connectivity index (χ4n) is 1.89. The lowest BCUT2D eigenvalue weighted by molar-refractivity contribution is -0.384. The van der Waals surface area contributed by atoms with Crippen LogP contribution in [0.2, 0.25) is 0 Å². The van der Waals surface area contributed by atoms with E-state index in [9.17, 15) is 24.5 Å². The van der Waals surface area contributed by atoms with Gasteiger partial charge in [0.05, 0.1) is 10.8 Å². The van der Waals surface area contributed by atoms with Crippen molar-refractivity contribution in [2.24, 2.45) is 11.8 Å². The number of hydrazine groups is 1. The summed E-state index contributed by atoms with van der Waals surface area (Å²) in [4.78, 5) is 44.7. The number of hydrogen-bond donors (Lipinski definition) is 2. The van der Waals surface area contributed by atoms with E-state index in [-0.39, 0.29) is 23.1 Å². The average molecular weight is 321 g/mol. The highest BCUT2D eigenvalue weighted by Crippen LogP contribution is 2.38. The Morgan fingerprint density at radius 2 is 2.04 bits per heavy atom. The number of nitro benzene ring substituents is 1. The minimum absolute atomic E-state index is 0.0169. The highest BCUT2D eigenvalue weighted by atomic mass is 16.6. The molecule has 0 radical (unpaired) electrons. The third kappa shape index (κ3) is 4.50. The van der Waals surface area contributed by atoms with E-state index in [0.29, 0.717) is 0 Å². The van der Waals surface area contributed by atoms with E-state index in [0.717, 1.165) is 12.5 Å². The van der Waals surface area contributed by atoms with Crippen LogP contribution in [0.5, 0.6) is 0 Å². The Labute approximate surface area is 131 Å². The molecule has 2 unspecified atom stereocenters. The summed E-state index contributed by atoms with van der Waals surface area (Å²) >= 11 is 0. The maximum Gasteiger partial charge on any atom is 0.309 e. The number of carbonyl (C=O) groups excluding carboxylic acids is 3. The van der Waals surface area contributed by atoms with E-state index >= 15 is 0 Å². The molecule has 23 heavy (non-hydrogen) atoms. The average Bonchev–Trinajstić information content (AvgIpc) is 3.27. The van der Waals surface area contributed by atoms with Crippen LogP contribution >= 0.6 is 0 Å². The number of benzene rings is 1. The number of rotatable bonds is 5. The van der Waals surface area contributed by atoms with Gasteiger partial charge in [0, 0.05) is 17.7 Å². The molecule has 1 fully saturated rings. The van der Waals surface area contributed by atoms with E-state index in [1.807, 2.05) is 6.92 Å². The van der Waals surface area contributed by atoms with Crippen molar-refractivity contribution in [1.82, 2.24) is 10.9 Å². The largest absolute Gasteiger partial charge is 0.455 e. The molecule has 1 saturated carbocycles. The van der Waals surface area contributed by atoms with Crippen LogP contribution in [0.1, 0.15) is 23.7 Å². The lowest BCUT2D eigenvalue weighted by Crippen LogP contribution is -2.43. The first-order valence-electron chi connectivity index (χ1n) is 6.88. The molecule has 1 aromatic rings. The first-order valence-corrected chi connectivity index (χ1v) is 6.88. The van der Waals surface area contributed by atoms with Crippen LogP contribution in [0.15, 0.2) is 24.3 Å². The molecular weight excluding hydrogens is 306 g/mol. The van der Waals surface area contributed by atoms with Crippen LogP contribution in [-0.2, 0) is 14.3 Å². The molecule has 2 rings (SSSR count). The smallest absolute Gasteiger partial charge is 0.309 e. The molecule has 1 aliphatic carbocycles. The van der Waals surface area contributed by atoms with Gasteiger partial charge in [0.1, 0.15) is 0 Å². The van der Waals surface area contributed by atoms with E-state index in [2.05, 4.69) is 10.9 Å². The van der Waals surface area contributed by atoms with Crippen molar-refractivity contribution in [2.75, 3.05) is 6.61 Å². The van der Waals surface area contributed by atoms with Crippen molar-refractivity contribution in [1.29, 1.82) is 0 Å². The quantitative estimate of drug-likeness (QED) is 0.463. The summed E-state index contributed by atoms with van der Waals surface area (Å²) in [7, 11) is 0. The molecule has 0 saturated heterocycles. The summed E-state index contributed by atoms with van der Waals surface area (Å²) in [6.07, 6.45) is 0.754. The Kier molecular flexibility index (Phi) is 4.89. The molecule has 2 N–H and O–H groups in total. The van der Waals surface area contributed by atoms with Gasteiger partial charge in [-0.15, -0.1) is 0 Å². The van der Waals surface area contributed by atoms with Gasteiger partial charge >= 0.3 is 5.97 Å². The van der Waals surface area contributed by atoms with E-state index in [4.69, 9.17) is 4.74 Å². The van der Waals surface area contributed by atoms with Crippen LogP contribution in [0.25, 0.3) is 0 Å². The van der Waals surface area contributed by atoms with Gasteiger partial charge in [0.25, 0.3) is 17.5 Å². The summed E-state index contributed by atoms with van der Waals surface area (Å²) in [5.41, 5.74) is 3.94. The highest BCUT2D eigenvalue weighted by Gasteiger charge is 2.40. The molecule has 2 amide bonds. The molecule has 0 heterocycles. The van der Waals surface area contributed by atoms with Crippen molar-refractivity contribution < 1.29 is 24.0 Å². The normalized spacial score (nSPS) is 18.7. The van der Waals surface area contributed by atoms with Crippen LogP contribution in [-0.4, -0.2) is 29.3 Å². The molecule has 9 heteroatoms. The molecule has 0 spiro atoms. The highest BCUT2D eigenvalue weighted by molar-refractivity contribution is 5.96. The fraction of sp³-hybridized carbons (Fsp3) is 0.357. The van der Waals surface area contributed by atoms with Crippen molar-refractivity contribution in [3.05, 3.63) is 39.9 Å². The minimum atomic E-state index is -0.718. The van der Waals surface area contributed by atoms with Crippen molar-refractivity contribution in [3.8, 4) is 0 Å². The van der Waals surface area contributed by atoms with Crippen molar-refractivity contribution in [2.45, 2.75) is 13.3 Å². The Hall–Kier alpha value is -2.97. The molecule has 1 aromatic carbocycles. The van der Waals surface area contributed by atoms with Crippen LogP contribution < -0.4 is 10.9 Å². The van der Waals surface area contributed by atoms with Gasteiger partial charge in [0.2, 0.25) is 0 Å². The molecule has 9 nitrogen and oxygen atoms in total. The summed E-state index contributed by atoms with van der Waals surface area (Å²) in [5.74, 6) is -1.73. The Morgan fingerprint density at radius 1 is 1.35 bits per heavy atom.